The first kappa shape index (κ1) is 27.4. The summed E-state index contributed by atoms with van der Waals surface area (Å²) in [5.41, 5.74) is 4.23. The van der Waals surface area contributed by atoms with Gasteiger partial charge in [0.1, 0.15) is 21.4 Å². The molecule has 11 nitrogen and oxygen atoms in total. The third-order valence-electron chi connectivity index (χ3n) is 5.13. The number of hydrazone groups is 1. The Labute approximate surface area is 228 Å². The van der Waals surface area contributed by atoms with Crippen LogP contribution in [0, 0.1) is 6.92 Å². The number of aromatic nitrogens is 2. The molecule has 3 aromatic carbocycles. The quantitative estimate of drug-likeness (QED) is 0.168. The molecule has 0 aliphatic heterocycles. The summed E-state index contributed by atoms with van der Waals surface area (Å²) in [4.78, 5) is 24.7. The van der Waals surface area contributed by atoms with Crippen LogP contribution in [-0.2, 0) is 21.3 Å². The van der Waals surface area contributed by atoms with E-state index in [1.807, 2.05) is 6.92 Å². The van der Waals surface area contributed by atoms with Crippen molar-refractivity contribution in [1.82, 2.24) is 15.6 Å². The zero-order chi connectivity index (χ0) is 27.8. The van der Waals surface area contributed by atoms with Crippen LogP contribution in [0.2, 0.25) is 0 Å². The number of benzene rings is 3. The Morgan fingerprint density at radius 3 is 2.46 bits per heavy atom. The highest BCUT2D eigenvalue weighted by molar-refractivity contribution is 7.87. The van der Waals surface area contributed by atoms with Crippen LogP contribution in [0.1, 0.15) is 26.5 Å². The Morgan fingerprint density at radius 1 is 1.00 bits per heavy atom. The van der Waals surface area contributed by atoms with Gasteiger partial charge in [0.15, 0.2) is 0 Å². The molecule has 0 aliphatic rings. The molecule has 0 aliphatic carbocycles. The number of amides is 2. The third-order valence-corrected chi connectivity index (χ3v) is 7.23. The topological polar surface area (TPSA) is 149 Å². The smallest absolute Gasteiger partial charge is 0.339 e. The van der Waals surface area contributed by atoms with E-state index < -0.39 is 16.0 Å². The van der Waals surface area contributed by atoms with Gasteiger partial charge in [0.2, 0.25) is 11.0 Å². The summed E-state index contributed by atoms with van der Waals surface area (Å²) in [6.45, 7) is 1.86. The number of nitrogens with one attached hydrogen (secondary N) is 2. The molecule has 1 heterocycles. The van der Waals surface area contributed by atoms with E-state index in [2.05, 4.69) is 26.0 Å². The molecule has 0 saturated carbocycles. The van der Waals surface area contributed by atoms with Gasteiger partial charge in [-0.05, 0) is 61.0 Å². The fourth-order valence-corrected chi connectivity index (χ4v) is 4.83. The number of hydrogen-bond donors (Lipinski definition) is 2. The van der Waals surface area contributed by atoms with Gasteiger partial charge >= 0.3 is 10.1 Å². The van der Waals surface area contributed by atoms with Crippen LogP contribution in [0.15, 0.2) is 82.8 Å². The molecule has 0 fully saturated rings. The maximum Gasteiger partial charge on any atom is 0.339 e. The van der Waals surface area contributed by atoms with Crippen LogP contribution in [0.5, 0.6) is 11.5 Å². The molecule has 0 unspecified atom stereocenters. The monoisotopic (exact) mass is 565 g/mol. The van der Waals surface area contributed by atoms with Gasteiger partial charge < -0.3 is 8.92 Å². The zero-order valence-electron chi connectivity index (χ0n) is 20.8. The molecule has 200 valence electrons. The SMILES string of the molecule is COc1ccc(C(=O)Nc2nnc(CC(=O)N/N=C/c3cccc(OS(=O)(=O)c4ccc(C)cc4)c3)s2)cc1. The number of methoxy groups -OCH3 is 1. The molecule has 0 bridgehead atoms. The summed E-state index contributed by atoms with van der Waals surface area (Å²) < 4.78 is 35.3. The van der Waals surface area contributed by atoms with Crippen LogP contribution >= 0.6 is 11.3 Å². The number of hydrogen-bond acceptors (Lipinski definition) is 10. The molecule has 1 aromatic heterocycles. The van der Waals surface area contributed by atoms with Crippen LogP contribution in [-0.4, -0.2) is 43.8 Å². The minimum atomic E-state index is -4.00. The first-order valence-corrected chi connectivity index (χ1v) is 13.7. The van der Waals surface area contributed by atoms with Crippen molar-refractivity contribution in [2.24, 2.45) is 5.10 Å². The van der Waals surface area contributed by atoms with Gasteiger partial charge in [-0.3, -0.25) is 14.9 Å². The van der Waals surface area contributed by atoms with Crippen molar-refractivity contribution in [2.75, 3.05) is 12.4 Å². The van der Waals surface area contributed by atoms with Gasteiger partial charge in [-0.2, -0.15) is 13.5 Å². The fraction of sp³-hybridized carbons (Fsp3) is 0.115. The van der Waals surface area contributed by atoms with Crippen molar-refractivity contribution >= 4 is 44.6 Å². The number of rotatable bonds is 10. The van der Waals surface area contributed by atoms with E-state index in [1.165, 1.54) is 37.6 Å². The summed E-state index contributed by atoms with van der Waals surface area (Å²) in [7, 11) is -2.46. The largest absolute Gasteiger partial charge is 0.497 e. The molecule has 0 saturated heterocycles. The molecule has 2 N–H and O–H groups in total. The molecular formula is C26H23N5O6S2. The first-order valence-electron chi connectivity index (χ1n) is 11.4. The van der Waals surface area contributed by atoms with Gasteiger partial charge in [-0.15, -0.1) is 10.2 Å². The van der Waals surface area contributed by atoms with Crippen molar-refractivity contribution < 1.29 is 26.9 Å². The van der Waals surface area contributed by atoms with Gasteiger partial charge in [0, 0.05) is 5.56 Å². The highest BCUT2D eigenvalue weighted by Gasteiger charge is 2.16. The number of ether oxygens (including phenoxy) is 1. The molecule has 0 spiro atoms. The lowest BCUT2D eigenvalue weighted by Gasteiger charge is -2.07. The Hall–Kier alpha value is -4.62. The second kappa shape index (κ2) is 12.3. The van der Waals surface area contributed by atoms with Gasteiger partial charge in [-0.25, -0.2) is 5.43 Å². The standard InChI is InChI=1S/C26H23N5O6S2/c1-17-6-12-22(13-7-17)39(34,35)37-21-5-3-4-18(14-21)16-27-29-23(32)15-24-30-31-26(38-24)28-25(33)19-8-10-20(36-2)11-9-19/h3-14,16H,15H2,1-2H3,(H,29,32)(H,28,31,33)/b27-16+. The average Bonchev–Trinajstić information content (AvgIpc) is 3.35. The summed E-state index contributed by atoms with van der Waals surface area (Å²) in [6.07, 6.45) is 1.25. The van der Waals surface area contributed by atoms with Crippen LogP contribution in [0.25, 0.3) is 0 Å². The number of carbonyl (C=O) groups excluding carboxylic acids is 2. The molecule has 4 aromatic rings. The van der Waals surface area contributed by atoms with E-state index in [0.717, 1.165) is 16.9 Å². The van der Waals surface area contributed by atoms with E-state index >= 15 is 0 Å². The molecule has 39 heavy (non-hydrogen) atoms. The zero-order valence-corrected chi connectivity index (χ0v) is 22.5. The summed E-state index contributed by atoms with van der Waals surface area (Å²) in [5, 5.41) is 15.0. The Bertz CT molecular complexity index is 1600. The summed E-state index contributed by atoms with van der Waals surface area (Å²) in [5.74, 6) is -0.0912. The van der Waals surface area contributed by atoms with E-state index in [1.54, 1.807) is 48.5 Å². The average molecular weight is 566 g/mol. The van der Waals surface area contributed by atoms with E-state index in [0.29, 0.717) is 21.9 Å². The molecule has 13 heteroatoms. The van der Waals surface area contributed by atoms with E-state index in [-0.39, 0.29) is 28.1 Å². The molecule has 0 radical (unpaired) electrons. The highest BCUT2D eigenvalue weighted by atomic mass is 32.2. The molecule has 0 atom stereocenters. The lowest BCUT2D eigenvalue weighted by molar-refractivity contribution is -0.120. The Balaban J connectivity index is 1.29. The lowest BCUT2D eigenvalue weighted by Crippen LogP contribution is -2.19. The summed E-state index contributed by atoms with van der Waals surface area (Å²) >= 11 is 1.06. The van der Waals surface area contributed by atoms with Crippen molar-refractivity contribution in [3.8, 4) is 11.5 Å². The fourth-order valence-electron chi connectivity index (χ4n) is 3.17. The predicted molar refractivity (Wildman–Crippen MR) is 146 cm³/mol. The Morgan fingerprint density at radius 2 is 1.74 bits per heavy atom. The van der Waals surface area contributed by atoms with Gasteiger partial charge in [-0.1, -0.05) is 41.2 Å². The maximum absolute atomic E-state index is 12.5. The van der Waals surface area contributed by atoms with Crippen molar-refractivity contribution in [3.05, 3.63) is 94.5 Å². The first-order chi connectivity index (χ1) is 18.7. The summed E-state index contributed by atoms with van der Waals surface area (Å²) in [6, 6.07) is 19.1. The highest BCUT2D eigenvalue weighted by Crippen LogP contribution is 2.20. The second-order valence-corrected chi connectivity index (χ2v) is 10.7. The minimum absolute atomic E-state index is 0.0413. The van der Waals surface area contributed by atoms with Crippen LogP contribution < -0.4 is 19.7 Å². The van der Waals surface area contributed by atoms with Crippen molar-refractivity contribution in [2.45, 2.75) is 18.2 Å². The normalized spacial score (nSPS) is 11.2. The number of nitrogens with zero attached hydrogens (tertiary/aromatic N) is 3. The predicted octanol–water partition coefficient (Wildman–Crippen LogP) is 3.57. The van der Waals surface area contributed by atoms with Gasteiger partial charge in [0.05, 0.1) is 19.7 Å². The lowest BCUT2D eigenvalue weighted by atomic mass is 10.2. The minimum Gasteiger partial charge on any atom is -0.497 e. The maximum atomic E-state index is 12.5. The number of anilines is 1. The van der Waals surface area contributed by atoms with E-state index in [4.69, 9.17) is 8.92 Å². The van der Waals surface area contributed by atoms with Crippen molar-refractivity contribution in [3.63, 3.8) is 0 Å². The van der Waals surface area contributed by atoms with Crippen LogP contribution in [0.4, 0.5) is 5.13 Å². The molecule has 2 amide bonds. The van der Waals surface area contributed by atoms with E-state index in [9.17, 15) is 18.0 Å². The number of carbonyl (C=O) groups is 2. The van der Waals surface area contributed by atoms with Crippen molar-refractivity contribution in [1.29, 1.82) is 0 Å². The molecular weight excluding hydrogens is 542 g/mol. The Kier molecular flexibility index (Phi) is 8.63. The van der Waals surface area contributed by atoms with Crippen LogP contribution in [0.3, 0.4) is 0 Å². The number of aryl methyl sites for hydroxylation is 1. The third kappa shape index (κ3) is 7.69. The second-order valence-electron chi connectivity index (χ2n) is 8.08. The van der Waals surface area contributed by atoms with Gasteiger partial charge in [0.25, 0.3) is 5.91 Å². The molecule has 4 rings (SSSR count).